The van der Waals surface area contributed by atoms with Crippen molar-refractivity contribution in [1.29, 1.82) is 0 Å². The predicted octanol–water partition coefficient (Wildman–Crippen LogP) is 1.54. The first kappa shape index (κ1) is 14.7. The van der Waals surface area contributed by atoms with Crippen LogP contribution in [0, 0.1) is 0 Å². The third-order valence-electron chi connectivity index (χ3n) is 2.46. The zero-order valence-corrected chi connectivity index (χ0v) is 11.6. The number of Topliss-reactive ketones (excluding diaryl/α,β-unsaturated/α-hetero) is 1. The molecular formula is C13H17ClN2O2. The molecule has 0 aromatic heterocycles. The largest absolute Gasteiger partial charge is 0.348 e. The van der Waals surface area contributed by atoms with Crippen LogP contribution < -0.4 is 0 Å². The molecule has 1 aromatic carbocycles. The Morgan fingerprint density at radius 1 is 1.17 bits per heavy atom. The first-order valence-corrected chi connectivity index (χ1v) is 5.95. The van der Waals surface area contributed by atoms with Gasteiger partial charge in [-0.15, -0.1) is 0 Å². The monoisotopic (exact) mass is 268 g/mol. The van der Waals surface area contributed by atoms with Crippen molar-refractivity contribution in [3.8, 4) is 0 Å². The maximum Gasteiger partial charge on any atom is 0.236 e. The van der Waals surface area contributed by atoms with E-state index in [0.29, 0.717) is 10.6 Å². The van der Waals surface area contributed by atoms with Crippen molar-refractivity contribution >= 4 is 23.3 Å². The smallest absolute Gasteiger partial charge is 0.236 e. The molecule has 0 atom stereocenters. The first-order chi connectivity index (χ1) is 8.40. The Morgan fingerprint density at radius 3 is 2.39 bits per heavy atom. The van der Waals surface area contributed by atoms with E-state index >= 15 is 0 Å². The Morgan fingerprint density at radius 2 is 1.83 bits per heavy atom. The van der Waals surface area contributed by atoms with Gasteiger partial charge in [-0.3, -0.25) is 14.5 Å². The number of rotatable bonds is 5. The average molecular weight is 269 g/mol. The molecule has 98 valence electrons. The van der Waals surface area contributed by atoms with Crippen LogP contribution in [0.2, 0.25) is 5.02 Å². The molecule has 1 amide bonds. The van der Waals surface area contributed by atoms with Gasteiger partial charge in [0.15, 0.2) is 5.78 Å². The van der Waals surface area contributed by atoms with Gasteiger partial charge in [0, 0.05) is 24.7 Å². The Labute approximate surface area is 112 Å². The molecule has 0 aliphatic rings. The Hall–Kier alpha value is -1.39. The summed E-state index contributed by atoms with van der Waals surface area (Å²) in [6, 6.07) is 6.81. The number of nitrogens with zero attached hydrogens (tertiary/aromatic N) is 2. The maximum atomic E-state index is 11.9. The topological polar surface area (TPSA) is 40.6 Å². The molecule has 0 unspecified atom stereocenters. The molecule has 0 aliphatic heterocycles. The summed E-state index contributed by atoms with van der Waals surface area (Å²) in [6.45, 7) is 0.416. The van der Waals surface area contributed by atoms with Crippen LogP contribution in [0.15, 0.2) is 24.3 Å². The summed E-state index contributed by atoms with van der Waals surface area (Å²) < 4.78 is 0. The first-order valence-electron chi connectivity index (χ1n) is 5.57. The summed E-state index contributed by atoms with van der Waals surface area (Å²) >= 11 is 5.82. The van der Waals surface area contributed by atoms with Gasteiger partial charge in [0.2, 0.25) is 5.91 Å². The lowest BCUT2D eigenvalue weighted by Crippen LogP contribution is -2.36. The molecular weight excluding hydrogens is 252 g/mol. The van der Waals surface area contributed by atoms with Crippen molar-refractivity contribution in [2.24, 2.45) is 0 Å². The highest BCUT2D eigenvalue weighted by Gasteiger charge is 2.13. The maximum absolute atomic E-state index is 11.9. The second-order valence-electron chi connectivity index (χ2n) is 4.39. The lowest BCUT2D eigenvalue weighted by Gasteiger charge is -2.18. The molecule has 0 fully saturated rings. The van der Waals surface area contributed by atoms with Crippen molar-refractivity contribution in [2.45, 2.75) is 0 Å². The zero-order valence-electron chi connectivity index (χ0n) is 10.8. The quantitative estimate of drug-likeness (QED) is 0.761. The molecule has 5 heteroatoms. The molecule has 0 radical (unpaired) electrons. The van der Waals surface area contributed by atoms with Crippen LogP contribution in [0.5, 0.6) is 0 Å². The van der Waals surface area contributed by atoms with Crippen LogP contribution in [0.4, 0.5) is 0 Å². The second kappa shape index (κ2) is 6.52. The third kappa shape index (κ3) is 4.47. The summed E-state index contributed by atoms with van der Waals surface area (Å²) in [5.41, 5.74) is 0.562. The predicted molar refractivity (Wildman–Crippen MR) is 72.0 cm³/mol. The van der Waals surface area contributed by atoms with Gasteiger partial charge in [-0.2, -0.15) is 0 Å². The van der Waals surface area contributed by atoms with Gasteiger partial charge in [0.05, 0.1) is 13.1 Å². The van der Waals surface area contributed by atoms with Gasteiger partial charge in [0.1, 0.15) is 0 Å². The van der Waals surface area contributed by atoms with Crippen LogP contribution in [0.3, 0.4) is 0 Å². The highest BCUT2D eigenvalue weighted by molar-refractivity contribution is 6.31. The molecule has 4 nitrogen and oxygen atoms in total. The van der Waals surface area contributed by atoms with Crippen LogP contribution in [0.25, 0.3) is 0 Å². The van der Waals surface area contributed by atoms with Crippen LogP contribution in [0.1, 0.15) is 10.4 Å². The number of benzene rings is 1. The van der Waals surface area contributed by atoms with E-state index in [9.17, 15) is 9.59 Å². The van der Waals surface area contributed by atoms with Crippen molar-refractivity contribution < 1.29 is 9.59 Å². The van der Waals surface area contributed by atoms with E-state index in [1.165, 1.54) is 4.90 Å². The molecule has 0 N–H and O–H groups in total. The van der Waals surface area contributed by atoms with E-state index in [0.717, 1.165) is 0 Å². The minimum atomic E-state index is -0.0495. The summed E-state index contributed by atoms with van der Waals surface area (Å²) in [6.07, 6.45) is 0. The molecule has 0 heterocycles. The number of halogens is 1. The number of carbonyl (C=O) groups excluding carboxylic acids is 2. The fraction of sp³-hybridized carbons (Fsp3) is 0.385. The normalized spacial score (nSPS) is 10.5. The van der Waals surface area contributed by atoms with Crippen molar-refractivity contribution in [3.05, 3.63) is 34.9 Å². The number of ketones is 1. The highest BCUT2D eigenvalue weighted by atomic mass is 35.5. The van der Waals surface area contributed by atoms with Gasteiger partial charge < -0.3 is 4.90 Å². The Kier molecular flexibility index (Phi) is 5.31. The fourth-order valence-electron chi connectivity index (χ4n) is 1.43. The number of likely N-dealkylation sites (N-methyl/N-ethyl adjacent to an activating group) is 2. The van der Waals surface area contributed by atoms with Gasteiger partial charge >= 0.3 is 0 Å². The van der Waals surface area contributed by atoms with E-state index in [1.54, 1.807) is 50.3 Å². The van der Waals surface area contributed by atoms with Crippen molar-refractivity contribution in [2.75, 3.05) is 34.2 Å². The molecule has 0 saturated heterocycles. The van der Waals surface area contributed by atoms with Crippen molar-refractivity contribution in [1.82, 2.24) is 9.80 Å². The number of hydrogen-bond donors (Lipinski definition) is 0. The minimum absolute atomic E-state index is 0.0311. The third-order valence-corrected chi connectivity index (χ3v) is 2.70. The van der Waals surface area contributed by atoms with Gasteiger partial charge in [-0.25, -0.2) is 0 Å². The highest BCUT2D eigenvalue weighted by Crippen LogP contribution is 2.11. The van der Waals surface area contributed by atoms with E-state index in [1.807, 2.05) is 0 Å². The van der Waals surface area contributed by atoms with E-state index < -0.39 is 0 Å². The lowest BCUT2D eigenvalue weighted by atomic mass is 10.1. The zero-order chi connectivity index (χ0) is 13.7. The Bertz CT molecular complexity index is 446. The van der Waals surface area contributed by atoms with Crippen LogP contribution in [-0.2, 0) is 4.79 Å². The number of carbonyl (C=O) groups is 2. The fourth-order valence-corrected chi connectivity index (χ4v) is 1.62. The summed E-state index contributed by atoms with van der Waals surface area (Å²) in [5, 5.41) is 0.535. The molecule has 1 rings (SSSR count). The lowest BCUT2D eigenvalue weighted by molar-refractivity contribution is -0.129. The number of hydrogen-bond acceptors (Lipinski definition) is 3. The SMILES string of the molecule is CN(CC(=O)c1cccc(Cl)c1)CC(=O)N(C)C. The van der Waals surface area contributed by atoms with Crippen LogP contribution >= 0.6 is 11.6 Å². The molecule has 0 spiro atoms. The molecule has 18 heavy (non-hydrogen) atoms. The standard InChI is InChI=1S/C13H17ClN2O2/c1-15(2)13(18)9-16(3)8-12(17)10-5-4-6-11(14)7-10/h4-7H,8-9H2,1-3H3. The van der Waals surface area contributed by atoms with E-state index in [-0.39, 0.29) is 24.8 Å². The van der Waals surface area contributed by atoms with E-state index in [4.69, 9.17) is 11.6 Å². The van der Waals surface area contributed by atoms with E-state index in [2.05, 4.69) is 0 Å². The summed E-state index contributed by atoms with van der Waals surface area (Å²) in [4.78, 5) is 26.6. The molecule has 0 saturated carbocycles. The average Bonchev–Trinajstić information content (AvgIpc) is 2.28. The summed E-state index contributed by atoms with van der Waals surface area (Å²) in [5.74, 6) is -0.0806. The molecule has 1 aromatic rings. The van der Waals surface area contributed by atoms with Gasteiger partial charge in [-0.1, -0.05) is 23.7 Å². The van der Waals surface area contributed by atoms with Gasteiger partial charge in [-0.05, 0) is 19.2 Å². The second-order valence-corrected chi connectivity index (χ2v) is 4.83. The number of amides is 1. The van der Waals surface area contributed by atoms with Crippen molar-refractivity contribution in [3.63, 3.8) is 0 Å². The Balaban J connectivity index is 2.57. The molecule has 0 bridgehead atoms. The summed E-state index contributed by atoms with van der Waals surface area (Å²) in [7, 11) is 5.12. The van der Waals surface area contributed by atoms with Gasteiger partial charge in [0.25, 0.3) is 0 Å². The molecule has 0 aliphatic carbocycles. The van der Waals surface area contributed by atoms with Crippen LogP contribution in [-0.4, -0.2) is 55.7 Å². The minimum Gasteiger partial charge on any atom is -0.348 e.